The van der Waals surface area contributed by atoms with Crippen LogP contribution in [-0.4, -0.2) is 44.1 Å². The van der Waals surface area contributed by atoms with Crippen LogP contribution in [0.2, 0.25) is 5.02 Å². The summed E-state index contributed by atoms with van der Waals surface area (Å²) in [5.41, 5.74) is 1.61. The van der Waals surface area contributed by atoms with Crippen LogP contribution in [0, 0.1) is 0 Å². The highest BCUT2D eigenvalue weighted by atomic mass is 35.5. The molecule has 2 N–H and O–H groups in total. The maximum Gasteiger partial charge on any atom is 0.267 e. The van der Waals surface area contributed by atoms with E-state index in [1.54, 1.807) is 48.8 Å². The lowest BCUT2D eigenvalue weighted by molar-refractivity contribution is -0.122. The molecule has 3 aromatic rings. The Morgan fingerprint density at radius 2 is 1.97 bits per heavy atom. The first-order valence-corrected chi connectivity index (χ1v) is 12.5. The molecule has 2 amide bonds. The largest absolute Gasteiger partial charge is 0.476 e. The Hall–Kier alpha value is -3.63. The van der Waals surface area contributed by atoms with Crippen molar-refractivity contribution in [1.82, 2.24) is 10.3 Å². The van der Waals surface area contributed by atoms with Crippen LogP contribution in [-0.2, 0) is 21.4 Å². The molecule has 0 bridgehead atoms. The number of halogens is 1. The average Bonchev–Trinajstić information content (AvgIpc) is 2.82. The lowest BCUT2D eigenvalue weighted by atomic mass is 10.1. The maximum atomic E-state index is 13.0. The van der Waals surface area contributed by atoms with E-state index in [4.69, 9.17) is 16.3 Å². The first-order valence-electron chi connectivity index (χ1n) is 10.2. The lowest BCUT2D eigenvalue weighted by Gasteiger charge is -2.34. The van der Waals surface area contributed by atoms with Gasteiger partial charge in [0, 0.05) is 24.0 Å². The van der Waals surface area contributed by atoms with Crippen LogP contribution in [0.5, 0.6) is 5.75 Å². The molecule has 34 heavy (non-hydrogen) atoms. The Balaban J connectivity index is 1.52. The van der Waals surface area contributed by atoms with Crippen LogP contribution < -0.4 is 19.7 Å². The van der Waals surface area contributed by atoms with E-state index in [2.05, 4.69) is 15.6 Å². The summed E-state index contributed by atoms with van der Waals surface area (Å²) < 4.78 is 31.6. The number of aromatic nitrogens is 1. The number of hydrogen-bond donors (Lipinski definition) is 2. The van der Waals surface area contributed by atoms with E-state index in [9.17, 15) is 18.0 Å². The van der Waals surface area contributed by atoms with Gasteiger partial charge in [0.2, 0.25) is 10.0 Å². The standard InChI is InChI=1S/C23H21ClN4O5S/c1-34(31,32)28-14-21(33-20-9-8-16(24)11-19(20)28)23(30)27-18-7-3-2-6-17(18)22(29)26-13-15-5-4-10-25-12-15/h2-12,21H,13-14H2,1H3,(H,26,29)(H,27,30)/t21-/m1/s1. The third-order valence-corrected chi connectivity index (χ3v) is 6.47. The normalized spacial score (nSPS) is 15.1. The number of sulfonamides is 1. The Bertz CT molecular complexity index is 1330. The molecule has 1 aliphatic rings. The minimum absolute atomic E-state index is 0.212. The molecule has 1 atom stereocenters. The molecule has 11 heteroatoms. The zero-order chi connectivity index (χ0) is 24.3. The molecule has 0 fully saturated rings. The van der Waals surface area contributed by atoms with Gasteiger partial charge >= 0.3 is 0 Å². The van der Waals surface area contributed by atoms with Crippen LogP contribution in [0.1, 0.15) is 15.9 Å². The van der Waals surface area contributed by atoms with Crippen molar-refractivity contribution in [3.8, 4) is 5.75 Å². The number of hydrogen-bond acceptors (Lipinski definition) is 6. The van der Waals surface area contributed by atoms with Gasteiger partial charge in [-0.2, -0.15) is 0 Å². The van der Waals surface area contributed by atoms with Crippen LogP contribution >= 0.6 is 11.6 Å². The Morgan fingerprint density at radius 3 is 2.71 bits per heavy atom. The molecule has 0 unspecified atom stereocenters. The van der Waals surface area contributed by atoms with Crippen molar-refractivity contribution < 1.29 is 22.7 Å². The monoisotopic (exact) mass is 500 g/mol. The van der Waals surface area contributed by atoms with E-state index in [0.717, 1.165) is 16.1 Å². The fraction of sp³-hybridized carbons (Fsp3) is 0.174. The van der Waals surface area contributed by atoms with Gasteiger partial charge in [-0.05, 0) is 42.0 Å². The zero-order valence-electron chi connectivity index (χ0n) is 18.1. The number of amides is 2. The highest BCUT2D eigenvalue weighted by molar-refractivity contribution is 7.92. The highest BCUT2D eigenvalue weighted by Gasteiger charge is 2.35. The summed E-state index contributed by atoms with van der Waals surface area (Å²) in [4.78, 5) is 29.8. The number of nitrogens with one attached hydrogen (secondary N) is 2. The SMILES string of the molecule is CS(=O)(=O)N1C[C@H](C(=O)Nc2ccccc2C(=O)NCc2cccnc2)Oc2ccc(Cl)cc21. The molecule has 1 aliphatic heterocycles. The number of benzene rings is 2. The number of carbonyl (C=O) groups excluding carboxylic acids is 2. The van der Waals surface area contributed by atoms with Crippen molar-refractivity contribution in [3.63, 3.8) is 0 Å². The first-order chi connectivity index (χ1) is 16.2. The van der Waals surface area contributed by atoms with Gasteiger partial charge < -0.3 is 15.4 Å². The lowest BCUT2D eigenvalue weighted by Crippen LogP contribution is -2.48. The summed E-state index contributed by atoms with van der Waals surface area (Å²) in [5, 5.41) is 5.82. The Morgan fingerprint density at radius 1 is 1.18 bits per heavy atom. The van der Waals surface area contributed by atoms with Gasteiger partial charge in [0.25, 0.3) is 11.8 Å². The molecule has 9 nitrogen and oxygen atoms in total. The van der Waals surface area contributed by atoms with E-state index in [1.165, 1.54) is 12.1 Å². The molecule has 0 saturated heterocycles. The van der Waals surface area contributed by atoms with E-state index in [-0.39, 0.29) is 41.7 Å². The smallest absolute Gasteiger partial charge is 0.267 e. The zero-order valence-corrected chi connectivity index (χ0v) is 19.6. The number of fused-ring (bicyclic) bond motifs is 1. The van der Waals surface area contributed by atoms with Crippen molar-refractivity contribution in [2.24, 2.45) is 0 Å². The van der Waals surface area contributed by atoms with Gasteiger partial charge in [-0.3, -0.25) is 18.9 Å². The van der Waals surface area contributed by atoms with Crippen molar-refractivity contribution >= 4 is 44.8 Å². The average molecular weight is 501 g/mol. The van der Waals surface area contributed by atoms with Crippen molar-refractivity contribution in [2.75, 3.05) is 22.4 Å². The summed E-state index contributed by atoms with van der Waals surface area (Å²) in [6, 6.07) is 14.6. The van der Waals surface area contributed by atoms with Crippen molar-refractivity contribution in [2.45, 2.75) is 12.6 Å². The molecule has 0 spiro atoms. The van der Waals surface area contributed by atoms with E-state index in [0.29, 0.717) is 5.02 Å². The predicted molar refractivity (Wildman–Crippen MR) is 129 cm³/mol. The topological polar surface area (TPSA) is 118 Å². The minimum atomic E-state index is -3.71. The summed E-state index contributed by atoms with van der Waals surface area (Å²) in [5.74, 6) is -0.771. The van der Waals surface area contributed by atoms with Crippen LogP contribution in [0.4, 0.5) is 11.4 Å². The van der Waals surface area contributed by atoms with Gasteiger partial charge in [0.1, 0.15) is 5.75 Å². The number of pyridine rings is 1. The van der Waals surface area contributed by atoms with E-state index in [1.807, 2.05) is 6.07 Å². The minimum Gasteiger partial charge on any atom is -0.476 e. The fourth-order valence-electron chi connectivity index (χ4n) is 3.46. The van der Waals surface area contributed by atoms with E-state index >= 15 is 0 Å². The molecule has 2 aromatic carbocycles. The van der Waals surface area contributed by atoms with Gasteiger partial charge in [-0.25, -0.2) is 8.42 Å². The van der Waals surface area contributed by atoms with Gasteiger partial charge in [0.05, 0.1) is 29.7 Å². The second kappa shape index (κ2) is 9.70. The highest BCUT2D eigenvalue weighted by Crippen LogP contribution is 2.37. The predicted octanol–water partition coefficient (Wildman–Crippen LogP) is 2.83. The van der Waals surface area contributed by atoms with Gasteiger partial charge in [0.15, 0.2) is 6.10 Å². The quantitative estimate of drug-likeness (QED) is 0.537. The van der Waals surface area contributed by atoms with Crippen LogP contribution in [0.25, 0.3) is 0 Å². The number of rotatable bonds is 6. The van der Waals surface area contributed by atoms with Crippen molar-refractivity contribution in [3.05, 3.63) is 83.1 Å². The van der Waals surface area contributed by atoms with Crippen LogP contribution in [0.3, 0.4) is 0 Å². The van der Waals surface area contributed by atoms with Crippen LogP contribution in [0.15, 0.2) is 67.0 Å². The number of nitrogens with zero attached hydrogens (tertiary/aromatic N) is 2. The number of carbonyl (C=O) groups is 2. The molecule has 1 aromatic heterocycles. The molecular weight excluding hydrogens is 480 g/mol. The second-order valence-electron chi connectivity index (χ2n) is 7.59. The molecule has 0 saturated carbocycles. The number of ether oxygens (including phenoxy) is 1. The summed E-state index contributed by atoms with van der Waals surface area (Å²) >= 11 is 6.01. The van der Waals surface area contributed by atoms with Gasteiger partial charge in [-0.15, -0.1) is 0 Å². The molecule has 2 heterocycles. The fourth-order valence-corrected chi connectivity index (χ4v) is 4.53. The Labute approximate surface area is 201 Å². The Kier molecular flexibility index (Phi) is 6.71. The molecule has 176 valence electrons. The third kappa shape index (κ3) is 5.29. The molecule has 0 radical (unpaired) electrons. The summed E-state index contributed by atoms with van der Waals surface area (Å²) in [6.07, 6.45) is 3.18. The number of anilines is 2. The second-order valence-corrected chi connectivity index (χ2v) is 9.93. The molecule has 4 rings (SSSR count). The molecule has 0 aliphatic carbocycles. The number of para-hydroxylation sites is 1. The summed E-state index contributed by atoms with van der Waals surface area (Å²) in [6.45, 7) is 0.0245. The summed E-state index contributed by atoms with van der Waals surface area (Å²) in [7, 11) is -3.71. The van der Waals surface area contributed by atoms with Crippen molar-refractivity contribution in [1.29, 1.82) is 0 Å². The first kappa shape index (κ1) is 23.5. The molecular formula is C23H21ClN4O5S. The van der Waals surface area contributed by atoms with E-state index < -0.39 is 22.0 Å². The maximum absolute atomic E-state index is 13.0. The van der Waals surface area contributed by atoms with Gasteiger partial charge in [-0.1, -0.05) is 29.8 Å². The third-order valence-electron chi connectivity index (χ3n) is 5.09.